The van der Waals surface area contributed by atoms with Crippen molar-refractivity contribution in [3.8, 4) is 12.1 Å². The molecule has 0 aliphatic carbocycles. The first kappa shape index (κ1) is 21.5. The van der Waals surface area contributed by atoms with E-state index in [1.807, 2.05) is 61.4 Å². The summed E-state index contributed by atoms with van der Waals surface area (Å²) in [4.78, 5) is 14.8. The van der Waals surface area contributed by atoms with Crippen LogP contribution < -0.4 is 10.8 Å². The van der Waals surface area contributed by atoms with E-state index < -0.39 is 0 Å². The average molecular weight is 446 g/mol. The van der Waals surface area contributed by atoms with Crippen molar-refractivity contribution in [1.29, 1.82) is 10.5 Å². The highest BCUT2D eigenvalue weighted by atomic mass is 16.2. The standard InChI is InChI=1S/C26H23BN6O/c27-23-18(13-28)7-4-8-19(23)22-20(14-29)24(31-25-21(22)15-30-32-25)16-9-11-33(12-10-16)26(34)17-5-2-1-3-6-17/h1-8,15-16,22H,9-12,27H2,(H2,30,31,32). The third-order valence-corrected chi connectivity index (χ3v) is 6.95. The summed E-state index contributed by atoms with van der Waals surface area (Å²) in [5.74, 6) is 0.568. The molecule has 2 N–H and O–H groups in total. The van der Waals surface area contributed by atoms with Crippen molar-refractivity contribution < 1.29 is 4.79 Å². The van der Waals surface area contributed by atoms with Crippen molar-refractivity contribution in [1.82, 2.24) is 15.1 Å². The van der Waals surface area contributed by atoms with Gasteiger partial charge in [0.1, 0.15) is 7.85 Å². The molecule has 1 saturated heterocycles. The Labute approximate surface area is 199 Å². The third kappa shape index (κ3) is 3.64. The summed E-state index contributed by atoms with van der Waals surface area (Å²) >= 11 is 0. The van der Waals surface area contributed by atoms with Crippen molar-refractivity contribution in [2.24, 2.45) is 5.92 Å². The molecule has 8 heteroatoms. The van der Waals surface area contributed by atoms with E-state index >= 15 is 0 Å². The highest BCUT2D eigenvalue weighted by Crippen LogP contribution is 2.43. The molecule has 3 aromatic rings. The monoisotopic (exact) mass is 446 g/mol. The lowest BCUT2D eigenvalue weighted by molar-refractivity contribution is 0.0702. The number of carbonyl (C=O) groups excluding carboxylic acids is 1. The average Bonchev–Trinajstić information content (AvgIpc) is 3.36. The molecule has 0 spiro atoms. The number of nitriles is 2. The number of nitrogens with zero attached hydrogens (tertiary/aromatic N) is 4. The Morgan fingerprint density at radius 2 is 1.79 bits per heavy atom. The number of piperidine rings is 1. The molecule has 1 amide bonds. The van der Waals surface area contributed by atoms with Crippen molar-refractivity contribution in [2.45, 2.75) is 18.8 Å². The van der Waals surface area contributed by atoms with Gasteiger partial charge in [0.05, 0.1) is 23.6 Å². The van der Waals surface area contributed by atoms with E-state index in [0.717, 1.165) is 35.1 Å². The second-order valence-corrected chi connectivity index (χ2v) is 8.75. The van der Waals surface area contributed by atoms with Crippen molar-refractivity contribution in [2.75, 3.05) is 18.4 Å². The SMILES string of the molecule is Bc1c(C#N)cccc1C1C(C#N)=C(C2CCN(C(=O)c3ccccc3)CC2)Nc2n[nH]cc21. The molecule has 0 bridgehead atoms. The molecule has 7 nitrogen and oxygen atoms in total. The summed E-state index contributed by atoms with van der Waals surface area (Å²) in [5.41, 5.74) is 5.54. The first-order valence-electron chi connectivity index (χ1n) is 11.4. The van der Waals surface area contributed by atoms with Crippen LogP contribution in [-0.4, -0.2) is 41.9 Å². The zero-order valence-electron chi connectivity index (χ0n) is 18.9. The Morgan fingerprint density at radius 3 is 2.50 bits per heavy atom. The number of H-pyrrole nitrogens is 1. The van der Waals surface area contributed by atoms with Gasteiger partial charge in [-0.05, 0) is 36.6 Å². The van der Waals surface area contributed by atoms with E-state index in [0.29, 0.717) is 35.6 Å². The van der Waals surface area contributed by atoms with Crippen LogP contribution >= 0.6 is 0 Å². The maximum Gasteiger partial charge on any atom is 0.253 e. The van der Waals surface area contributed by atoms with E-state index in [1.165, 1.54) is 0 Å². The minimum absolute atomic E-state index is 0.0431. The molecular weight excluding hydrogens is 423 g/mol. The van der Waals surface area contributed by atoms with Gasteiger partial charge in [-0.1, -0.05) is 35.8 Å². The van der Waals surface area contributed by atoms with Crippen molar-refractivity contribution >= 4 is 25.0 Å². The predicted molar refractivity (Wildman–Crippen MR) is 131 cm³/mol. The van der Waals surface area contributed by atoms with Gasteiger partial charge in [-0.25, -0.2) is 0 Å². The number of benzene rings is 2. The van der Waals surface area contributed by atoms with Gasteiger partial charge in [0, 0.05) is 47.6 Å². The number of aromatic nitrogens is 2. The van der Waals surface area contributed by atoms with Gasteiger partial charge < -0.3 is 10.2 Å². The number of likely N-dealkylation sites (tertiary alicyclic amines) is 1. The maximum atomic E-state index is 12.9. The van der Waals surface area contributed by atoms with E-state index in [4.69, 9.17) is 0 Å². The predicted octanol–water partition coefficient (Wildman–Crippen LogP) is 2.43. The summed E-state index contributed by atoms with van der Waals surface area (Å²) in [6.07, 6.45) is 3.34. The van der Waals surface area contributed by atoms with E-state index in [-0.39, 0.29) is 17.7 Å². The fraction of sp³-hybridized carbons (Fsp3) is 0.231. The van der Waals surface area contributed by atoms with Crippen LogP contribution in [0.2, 0.25) is 0 Å². The van der Waals surface area contributed by atoms with E-state index in [1.54, 1.807) is 6.07 Å². The number of nitrogens with one attached hydrogen (secondary N) is 2. The quantitative estimate of drug-likeness (QED) is 0.601. The van der Waals surface area contributed by atoms with Crippen molar-refractivity contribution in [3.63, 3.8) is 0 Å². The van der Waals surface area contributed by atoms with Crippen LogP contribution in [0.3, 0.4) is 0 Å². The Balaban J connectivity index is 1.47. The summed E-state index contributed by atoms with van der Waals surface area (Å²) in [7, 11) is 1.93. The molecule has 1 fully saturated rings. The topological polar surface area (TPSA) is 109 Å². The summed E-state index contributed by atoms with van der Waals surface area (Å²) in [6.45, 7) is 1.26. The van der Waals surface area contributed by atoms with Gasteiger partial charge in [0.25, 0.3) is 5.91 Å². The smallest absolute Gasteiger partial charge is 0.253 e. The van der Waals surface area contributed by atoms with E-state index in [2.05, 4.69) is 27.7 Å². The lowest BCUT2D eigenvalue weighted by Gasteiger charge is -2.36. The van der Waals surface area contributed by atoms with Gasteiger partial charge in [-0.3, -0.25) is 9.89 Å². The molecule has 2 aromatic carbocycles. The second-order valence-electron chi connectivity index (χ2n) is 8.75. The summed E-state index contributed by atoms with van der Waals surface area (Å²) in [6, 6.07) is 19.7. The number of allylic oxidation sites excluding steroid dienone is 2. The zero-order chi connectivity index (χ0) is 23.7. The Bertz CT molecular complexity index is 1360. The molecule has 5 rings (SSSR count). The lowest BCUT2D eigenvalue weighted by Crippen LogP contribution is -2.40. The molecule has 0 radical (unpaired) electrons. The van der Waals surface area contributed by atoms with Crippen LogP contribution in [-0.2, 0) is 0 Å². The number of rotatable bonds is 3. The molecular formula is C26H23BN6O. The van der Waals surface area contributed by atoms with Gasteiger partial charge in [-0.15, -0.1) is 0 Å². The molecule has 1 unspecified atom stereocenters. The number of carbonyl (C=O) groups is 1. The molecule has 166 valence electrons. The summed E-state index contributed by atoms with van der Waals surface area (Å²) in [5, 5.41) is 30.6. The minimum Gasteiger partial charge on any atom is -0.341 e. The number of amides is 1. The van der Waals surface area contributed by atoms with Gasteiger partial charge in [-0.2, -0.15) is 15.6 Å². The van der Waals surface area contributed by atoms with Crippen LogP contribution in [0.15, 0.2) is 66.0 Å². The molecule has 2 aliphatic rings. The molecule has 1 aromatic heterocycles. The molecule has 1 atom stereocenters. The number of anilines is 1. The fourth-order valence-corrected chi connectivity index (χ4v) is 5.12. The number of fused-ring (bicyclic) bond motifs is 1. The Morgan fingerprint density at radius 1 is 1.03 bits per heavy atom. The van der Waals surface area contributed by atoms with Crippen LogP contribution in [0.4, 0.5) is 5.82 Å². The van der Waals surface area contributed by atoms with Crippen LogP contribution in [0, 0.1) is 28.6 Å². The molecule has 3 heterocycles. The Hall–Kier alpha value is -4.30. The molecule has 2 aliphatic heterocycles. The largest absolute Gasteiger partial charge is 0.341 e. The summed E-state index contributed by atoms with van der Waals surface area (Å²) < 4.78 is 0. The second kappa shape index (κ2) is 8.92. The lowest BCUT2D eigenvalue weighted by atomic mass is 9.73. The number of hydrogen-bond donors (Lipinski definition) is 2. The first-order chi connectivity index (χ1) is 16.6. The third-order valence-electron chi connectivity index (χ3n) is 6.95. The maximum absolute atomic E-state index is 12.9. The van der Waals surface area contributed by atoms with Crippen molar-refractivity contribution in [3.05, 3.63) is 88.3 Å². The fourth-order valence-electron chi connectivity index (χ4n) is 5.12. The highest BCUT2D eigenvalue weighted by molar-refractivity contribution is 6.35. The minimum atomic E-state index is -0.299. The van der Waals surface area contributed by atoms with Crippen LogP contribution in [0.1, 0.15) is 45.8 Å². The molecule has 0 saturated carbocycles. The van der Waals surface area contributed by atoms with Gasteiger partial charge in [0.15, 0.2) is 5.82 Å². The van der Waals surface area contributed by atoms with Crippen LogP contribution in [0.5, 0.6) is 0 Å². The first-order valence-corrected chi connectivity index (χ1v) is 11.4. The number of aromatic amines is 1. The van der Waals surface area contributed by atoms with Crippen LogP contribution in [0.25, 0.3) is 0 Å². The normalized spacial score (nSPS) is 17.9. The Kier molecular flexibility index (Phi) is 5.65. The van der Waals surface area contributed by atoms with Gasteiger partial charge in [0.2, 0.25) is 0 Å². The zero-order valence-corrected chi connectivity index (χ0v) is 18.9. The van der Waals surface area contributed by atoms with E-state index in [9.17, 15) is 15.3 Å². The number of hydrogen-bond acceptors (Lipinski definition) is 5. The highest BCUT2D eigenvalue weighted by Gasteiger charge is 2.36. The van der Waals surface area contributed by atoms with Gasteiger partial charge >= 0.3 is 0 Å². The molecule has 34 heavy (non-hydrogen) atoms.